The summed E-state index contributed by atoms with van der Waals surface area (Å²) in [6, 6.07) is 18.4. The second kappa shape index (κ2) is 14.5. The third-order valence-corrected chi connectivity index (χ3v) is 8.98. The first kappa shape index (κ1) is 32.2. The SMILES string of the molecule is CCCCNC(=O)[C@H](CC)N(Cc1cccc(C)c1)C(=O)CN(c1ccc(Cl)cc1C)S(=O)(=O)c1ccc(C)cc1. The van der Waals surface area contributed by atoms with Crippen LogP contribution in [0.15, 0.2) is 71.6 Å². The summed E-state index contributed by atoms with van der Waals surface area (Å²) in [5.41, 5.74) is 3.75. The summed E-state index contributed by atoms with van der Waals surface area (Å²) < 4.78 is 29.2. The van der Waals surface area contributed by atoms with Gasteiger partial charge in [-0.3, -0.25) is 13.9 Å². The lowest BCUT2D eigenvalue weighted by Crippen LogP contribution is -2.52. The van der Waals surface area contributed by atoms with Crippen molar-refractivity contribution < 1.29 is 18.0 Å². The van der Waals surface area contributed by atoms with Crippen LogP contribution in [0.4, 0.5) is 5.69 Å². The molecule has 0 aliphatic carbocycles. The molecular weight excluding hydrogens is 558 g/mol. The van der Waals surface area contributed by atoms with E-state index in [4.69, 9.17) is 11.6 Å². The van der Waals surface area contributed by atoms with E-state index in [1.807, 2.05) is 52.0 Å². The Hall–Kier alpha value is -3.36. The fourth-order valence-electron chi connectivity index (χ4n) is 4.68. The number of hydrogen-bond acceptors (Lipinski definition) is 4. The van der Waals surface area contributed by atoms with Gasteiger partial charge in [-0.2, -0.15) is 0 Å². The van der Waals surface area contributed by atoms with Crippen molar-refractivity contribution in [1.29, 1.82) is 0 Å². The van der Waals surface area contributed by atoms with Gasteiger partial charge < -0.3 is 10.2 Å². The molecule has 0 unspecified atom stereocenters. The molecule has 0 spiro atoms. The highest BCUT2D eigenvalue weighted by Crippen LogP contribution is 2.29. The number of benzene rings is 3. The van der Waals surface area contributed by atoms with Crippen LogP contribution in [0.2, 0.25) is 5.02 Å². The maximum atomic E-state index is 14.2. The quantitative estimate of drug-likeness (QED) is 0.238. The highest BCUT2D eigenvalue weighted by Gasteiger charge is 2.34. The number of carbonyl (C=O) groups is 2. The van der Waals surface area contributed by atoms with Crippen LogP contribution in [0, 0.1) is 20.8 Å². The monoisotopic (exact) mass is 597 g/mol. The van der Waals surface area contributed by atoms with Crippen LogP contribution in [0.25, 0.3) is 0 Å². The third-order valence-electron chi connectivity index (χ3n) is 6.97. The van der Waals surface area contributed by atoms with E-state index in [1.165, 1.54) is 17.0 Å². The van der Waals surface area contributed by atoms with Gasteiger partial charge in [-0.05, 0) is 75.1 Å². The zero-order chi connectivity index (χ0) is 30.2. The Morgan fingerprint density at radius 2 is 1.63 bits per heavy atom. The summed E-state index contributed by atoms with van der Waals surface area (Å²) in [5, 5.41) is 3.41. The summed E-state index contributed by atoms with van der Waals surface area (Å²) in [5.74, 6) is -0.730. The highest BCUT2D eigenvalue weighted by molar-refractivity contribution is 7.92. The van der Waals surface area contributed by atoms with Gasteiger partial charge in [0.2, 0.25) is 11.8 Å². The van der Waals surface area contributed by atoms with Crippen molar-refractivity contribution in [2.24, 2.45) is 0 Å². The number of anilines is 1. The fraction of sp³-hybridized carbons (Fsp3) is 0.375. The van der Waals surface area contributed by atoms with Gasteiger partial charge in [0, 0.05) is 18.1 Å². The summed E-state index contributed by atoms with van der Waals surface area (Å²) in [6.45, 7) is 9.68. The topological polar surface area (TPSA) is 86.8 Å². The molecule has 0 fully saturated rings. The summed E-state index contributed by atoms with van der Waals surface area (Å²) in [6.07, 6.45) is 2.13. The van der Waals surface area contributed by atoms with E-state index in [0.717, 1.165) is 33.8 Å². The molecule has 220 valence electrons. The highest BCUT2D eigenvalue weighted by atomic mass is 35.5. The Kier molecular flexibility index (Phi) is 11.4. The van der Waals surface area contributed by atoms with Crippen molar-refractivity contribution in [3.05, 3.63) is 94.0 Å². The van der Waals surface area contributed by atoms with Gasteiger partial charge in [-0.25, -0.2) is 8.42 Å². The molecular formula is C32H40ClN3O4S. The number of unbranched alkanes of at least 4 members (excludes halogenated alkanes) is 1. The molecule has 0 heterocycles. The predicted molar refractivity (Wildman–Crippen MR) is 166 cm³/mol. The van der Waals surface area contributed by atoms with E-state index in [2.05, 4.69) is 5.32 Å². The first-order chi connectivity index (χ1) is 19.5. The maximum Gasteiger partial charge on any atom is 0.264 e. The van der Waals surface area contributed by atoms with Crippen LogP contribution in [0.1, 0.15) is 55.4 Å². The number of aryl methyl sites for hydroxylation is 3. The Bertz CT molecular complexity index is 1460. The summed E-state index contributed by atoms with van der Waals surface area (Å²) in [4.78, 5) is 29.0. The average Bonchev–Trinajstić information content (AvgIpc) is 2.92. The second-order valence-corrected chi connectivity index (χ2v) is 12.6. The van der Waals surface area contributed by atoms with Crippen molar-refractivity contribution in [2.75, 3.05) is 17.4 Å². The number of nitrogens with one attached hydrogen (secondary N) is 1. The zero-order valence-corrected chi connectivity index (χ0v) is 26.1. The lowest BCUT2D eigenvalue weighted by molar-refractivity contribution is -0.140. The van der Waals surface area contributed by atoms with Crippen molar-refractivity contribution >= 4 is 39.1 Å². The normalized spacial score (nSPS) is 12.0. The molecule has 1 atom stereocenters. The van der Waals surface area contributed by atoms with Gasteiger partial charge in [0.1, 0.15) is 12.6 Å². The lowest BCUT2D eigenvalue weighted by Gasteiger charge is -2.33. The van der Waals surface area contributed by atoms with Gasteiger partial charge in [0.15, 0.2) is 0 Å². The molecule has 0 saturated carbocycles. The number of nitrogens with zero attached hydrogens (tertiary/aromatic N) is 2. The molecule has 2 amide bonds. The van der Waals surface area contributed by atoms with Gasteiger partial charge in [0.25, 0.3) is 10.0 Å². The number of sulfonamides is 1. The Balaban J connectivity index is 2.07. The molecule has 3 rings (SSSR count). The molecule has 7 nitrogen and oxygen atoms in total. The lowest BCUT2D eigenvalue weighted by atomic mass is 10.1. The van der Waals surface area contributed by atoms with E-state index in [9.17, 15) is 18.0 Å². The molecule has 0 aliphatic heterocycles. The van der Waals surface area contributed by atoms with Gasteiger partial charge >= 0.3 is 0 Å². The van der Waals surface area contributed by atoms with Gasteiger partial charge in [0.05, 0.1) is 10.6 Å². The summed E-state index contributed by atoms with van der Waals surface area (Å²) >= 11 is 6.19. The first-order valence-corrected chi connectivity index (χ1v) is 15.8. The number of hydrogen-bond donors (Lipinski definition) is 1. The molecule has 0 bridgehead atoms. The van der Waals surface area contributed by atoms with E-state index in [0.29, 0.717) is 29.2 Å². The van der Waals surface area contributed by atoms with E-state index in [1.54, 1.807) is 37.3 Å². The molecule has 41 heavy (non-hydrogen) atoms. The van der Waals surface area contributed by atoms with Crippen LogP contribution in [0.5, 0.6) is 0 Å². The van der Waals surface area contributed by atoms with Crippen LogP contribution in [0.3, 0.4) is 0 Å². The van der Waals surface area contributed by atoms with Crippen molar-refractivity contribution in [1.82, 2.24) is 10.2 Å². The van der Waals surface area contributed by atoms with Crippen LogP contribution < -0.4 is 9.62 Å². The number of rotatable bonds is 13. The molecule has 0 radical (unpaired) electrons. The van der Waals surface area contributed by atoms with Gasteiger partial charge in [-0.1, -0.05) is 79.4 Å². The minimum absolute atomic E-state index is 0.0693. The first-order valence-electron chi connectivity index (χ1n) is 14.0. The van der Waals surface area contributed by atoms with Crippen molar-refractivity contribution in [3.8, 4) is 0 Å². The van der Waals surface area contributed by atoms with E-state index in [-0.39, 0.29) is 17.3 Å². The fourth-order valence-corrected chi connectivity index (χ4v) is 6.39. The Morgan fingerprint density at radius 1 is 0.927 bits per heavy atom. The van der Waals surface area contributed by atoms with E-state index >= 15 is 0 Å². The molecule has 0 saturated heterocycles. The molecule has 3 aromatic carbocycles. The van der Waals surface area contributed by atoms with Crippen molar-refractivity contribution in [2.45, 2.75) is 71.4 Å². The number of halogens is 1. The second-order valence-electron chi connectivity index (χ2n) is 10.3. The largest absolute Gasteiger partial charge is 0.354 e. The van der Waals surface area contributed by atoms with E-state index < -0.39 is 28.5 Å². The third kappa shape index (κ3) is 8.33. The molecule has 0 aliphatic rings. The average molecular weight is 598 g/mol. The predicted octanol–water partition coefficient (Wildman–Crippen LogP) is 6.18. The minimum atomic E-state index is -4.14. The van der Waals surface area contributed by atoms with Crippen LogP contribution in [-0.2, 0) is 26.2 Å². The maximum absolute atomic E-state index is 14.2. The Labute approximate surface area is 249 Å². The van der Waals surface area contributed by atoms with Crippen LogP contribution in [-0.4, -0.2) is 44.3 Å². The molecule has 0 aromatic heterocycles. The molecule has 3 aromatic rings. The number of amides is 2. The Morgan fingerprint density at radius 3 is 2.24 bits per heavy atom. The van der Waals surface area contributed by atoms with Crippen LogP contribution >= 0.6 is 11.6 Å². The minimum Gasteiger partial charge on any atom is -0.354 e. The molecule has 9 heteroatoms. The van der Waals surface area contributed by atoms with Crippen molar-refractivity contribution in [3.63, 3.8) is 0 Å². The number of carbonyl (C=O) groups excluding carboxylic acids is 2. The molecule has 1 N–H and O–H groups in total. The smallest absolute Gasteiger partial charge is 0.264 e. The summed E-state index contributed by atoms with van der Waals surface area (Å²) in [7, 11) is -4.14. The van der Waals surface area contributed by atoms with Gasteiger partial charge in [-0.15, -0.1) is 0 Å². The zero-order valence-electron chi connectivity index (χ0n) is 24.5. The standard InChI is InChI=1S/C32H40ClN3O4S/c1-6-8-18-34-32(38)29(7-2)35(21-26-11-9-10-24(4)19-26)31(37)22-36(30-17-14-27(33)20-25(30)5)41(39,40)28-15-12-23(3)13-16-28/h9-17,19-20,29H,6-8,18,21-22H2,1-5H3,(H,34,38)/t29-/m0/s1.